The lowest BCUT2D eigenvalue weighted by molar-refractivity contribution is 0.642. The molecular weight excluding hydrogens is 274 g/mol. The summed E-state index contributed by atoms with van der Waals surface area (Å²) in [7, 11) is 0. The molecule has 0 aliphatic rings. The molecule has 0 saturated heterocycles. The summed E-state index contributed by atoms with van der Waals surface area (Å²) in [5, 5.41) is 6.07. The summed E-state index contributed by atoms with van der Waals surface area (Å²) in [4.78, 5) is 11.6. The molecule has 0 radical (unpaired) electrons. The van der Waals surface area contributed by atoms with E-state index in [1.807, 2.05) is 11.8 Å². The normalized spacial score (nSPS) is 13.2. The number of anilines is 1. The van der Waals surface area contributed by atoms with Crippen LogP contribution in [0.2, 0.25) is 0 Å². The van der Waals surface area contributed by atoms with E-state index in [2.05, 4.69) is 56.0 Å². The average Bonchev–Trinajstić information content (AvgIpc) is 2.70. The molecule has 104 valence electrons. The predicted molar refractivity (Wildman–Crippen MR) is 86.5 cm³/mol. The third-order valence-electron chi connectivity index (χ3n) is 3.05. The maximum absolute atomic E-state index is 4.67. The Labute approximate surface area is 123 Å². The zero-order chi connectivity index (χ0) is 14.0. The van der Waals surface area contributed by atoms with Crippen molar-refractivity contribution in [3.63, 3.8) is 0 Å². The van der Waals surface area contributed by atoms with Crippen molar-refractivity contribution in [2.45, 2.75) is 44.9 Å². The molecule has 0 amide bonds. The van der Waals surface area contributed by atoms with Gasteiger partial charge in [0.25, 0.3) is 0 Å². The summed E-state index contributed by atoms with van der Waals surface area (Å²) in [6.07, 6.45) is 0. The minimum atomic E-state index is 0.549. The van der Waals surface area contributed by atoms with Crippen LogP contribution in [0.1, 0.15) is 32.6 Å². The predicted octanol–water partition coefficient (Wildman–Crippen LogP) is 4.57. The molecule has 5 heteroatoms. The van der Waals surface area contributed by atoms with Crippen LogP contribution in [0, 0.1) is 12.8 Å². The second kappa shape index (κ2) is 6.09. The molecule has 3 nitrogen and oxygen atoms in total. The van der Waals surface area contributed by atoms with Gasteiger partial charge in [0.15, 0.2) is 0 Å². The largest absolute Gasteiger partial charge is 0.354 e. The molecule has 0 spiro atoms. The number of rotatable bonds is 5. The number of fused-ring (bicyclic) bond motifs is 1. The zero-order valence-electron chi connectivity index (χ0n) is 12.2. The summed E-state index contributed by atoms with van der Waals surface area (Å²) >= 11 is 3.59. The lowest BCUT2D eigenvalue weighted by Gasteiger charge is -2.15. The first-order chi connectivity index (χ1) is 9.01. The molecule has 2 aromatic heterocycles. The summed E-state index contributed by atoms with van der Waals surface area (Å²) in [5.74, 6) is 1.38. The Morgan fingerprint density at radius 3 is 2.68 bits per heavy atom. The highest BCUT2D eigenvalue weighted by atomic mass is 32.2. The van der Waals surface area contributed by atoms with E-state index in [1.165, 1.54) is 10.3 Å². The Kier molecular flexibility index (Phi) is 4.68. The van der Waals surface area contributed by atoms with Crippen molar-refractivity contribution in [3.8, 4) is 0 Å². The van der Waals surface area contributed by atoms with Gasteiger partial charge in [-0.2, -0.15) is 0 Å². The number of thioether (sulfide) groups is 1. The van der Waals surface area contributed by atoms with Gasteiger partial charge in [-0.25, -0.2) is 9.97 Å². The van der Waals surface area contributed by atoms with Crippen LogP contribution in [0.15, 0.2) is 11.1 Å². The Morgan fingerprint density at radius 1 is 1.32 bits per heavy atom. The van der Waals surface area contributed by atoms with Gasteiger partial charge in [-0.15, -0.1) is 23.1 Å². The van der Waals surface area contributed by atoms with E-state index in [0.717, 1.165) is 22.3 Å². The summed E-state index contributed by atoms with van der Waals surface area (Å²) in [5.41, 5.74) is 0. The molecule has 0 fully saturated rings. The maximum atomic E-state index is 4.67. The third kappa shape index (κ3) is 3.39. The standard InChI is InChI=1S/C14H21N3S2/c1-6-15-14-16-12-11(7-9(4)18-12)13(17-14)19-10(5)8(2)3/h7-8,10H,6H2,1-5H3,(H,15,16,17). The van der Waals surface area contributed by atoms with E-state index < -0.39 is 0 Å². The van der Waals surface area contributed by atoms with E-state index in [9.17, 15) is 0 Å². The van der Waals surface area contributed by atoms with Gasteiger partial charge in [-0.3, -0.25) is 0 Å². The van der Waals surface area contributed by atoms with Crippen LogP contribution in [-0.2, 0) is 0 Å². The quantitative estimate of drug-likeness (QED) is 0.648. The molecule has 0 aromatic carbocycles. The van der Waals surface area contributed by atoms with Crippen molar-refractivity contribution in [3.05, 3.63) is 10.9 Å². The van der Waals surface area contributed by atoms with Crippen molar-refractivity contribution in [1.82, 2.24) is 9.97 Å². The van der Waals surface area contributed by atoms with Gasteiger partial charge in [0.05, 0.1) is 0 Å². The summed E-state index contributed by atoms with van der Waals surface area (Å²) in [6, 6.07) is 2.20. The van der Waals surface area contributed by atoms with E-state index in [1.54, 1.807) is 11.3 Å². The molecule has 0 aliphatic heterocycles. The van der Waals surface area contributed by atoms with Gasteiger partial charge < -0.3 is 5.32 Å². The van der Waals surface area contributed by atoms with Crippen LogP contribution < -0.4 is 5.32 Å². The first kappa shape index (κ1) is 14.6. The SMILES string of the molecule is CCNc1nc(SC(C)C(C)C)c2cc(C)sc2n1. The minimum Gasteiger partial charge on any atom is -0.354 e. The number of nitrogens with one attached hydrogen (secondary N) is 1. The molecule has 2 rings (SSSR count). The number of hydrogen-bond acceptors (Lipinski definition) is 5. The lowest BCUT2D eigenvalue weighted by Crippen LogP contribution is -2.07. The highest BCUT2D eigenvalue weighted by Gasteiger charge is 2.15. The number of aryl methyl sites for hydroxylation is 1. The molecule has 0 aliphatic carbocycles. The van der Waals surface area contributed by atoms with Crippen molar-refractivity contribution in [1.29, 1.82) is 0 Å². The number of thiophene rings is 1. The topological polar surface area (TPSA) is 37.8 Å². The van der Waals surface area contributed by atoms with Gasteiger partial charge >= 0.3 is 0 Å². The number of aromatic nitrogens is 2. The second-order valence-electron chi connectivity index (χ2n) is 5.03. The van der Waals surface area contributed by atoms with Crippen LogP contribution in [0.5, 0.6) is 0 Å². The van der Waals surface area contributed by atoms with Gasteiger partial charge in [0.2, 0.25) is 5.95 Å². The average molecular weight is 295 g/mol. The fraction of sp³-hybridized carbons (Fsp3) is 0.571. The van der Waals surface area contributed by atoms with Crippen molar-refractivity contribution in [2.24, 2.45) is 5.92 Å². The Morgan fingerprint density at radius 2 is 2.05 bits per heavy atom. The molecule has 0 bridgehead atoms. The number of nitrogens with zero attached hydrogens (tertiary/aromatic N) is 2. The van der Waals surface area contributed by atoms with Gasteiger partial charge in [0.1, 0.15) is 9.86 Å². The number of hydrogen-bond donors (Lipinski definition) is 1. The smallest absolute Gasteiger partial charge is 0.225 e. The monoisotopic (exact) mass is 295 g/mol. The second-order valence-corrected chi connectivity index (χ2v) is 7.63. The highest BCUT2D eigenvalue weighted by Crippen LogP contribution is 2.35. The first-order valence-electron chi connectivity index (χ1n) is 6.70. The molecular formula is C14H21N3S2. The zero-order valence-corrected chi connectivity index (χ0v) is 13.8. The molecule has 2 heterocycles. The molecule has 1 unspecified atom stereocenters. The Balaban J connectivity index is 2.43. The van der Waals surface area contributed by atoms with E-state index in [0.29, 0.717) is 11.2 Å². The molecule has 0 saturated carbocycles. The summed E-state index contributed by atoms with van der Waals surface area (Å²) in [6.45, 7) is 11.8. The Bertz CT molecular complexity index is 563. The van der Waals surface area contributed by atoms with Gasteiger partial charge in [0, 0.05) is 22.1 Å². The Hall–Kier alpha value is -0.810. The maximum Gasteiger partial charge on any atom is 0.225 e. The molecule has 1 atom stereocenters. The van der Waals surface area contributed by atoms with Crippen molar-refractivity contribution >= 4 is 39.3 Å². The summed E-state index contributed by atoms with van der Waals surface area (Å²) < 4.78 is 0. The van der Waals surface area contributed by atoms with Gasteiger partial charge in [-0.1, -0.05) is 20.8 Å². The first-order valence-corrected chi connectivity index (χ1v) is 8.39. The fourth-order valence-electron chi connectivity index (χ4n) is 1.65. The van der Waals surface area contributed by atoms with Crippen molar-refractivity contribution in [2.75, 3.05) is 11.9 Å². The molecule has 19 heavy (non-hydrogen) atoms. The lowest BCUT2D eigenvalue weighted by atomic mass is 10.2. The van der Waals surface area contributed by atoms with Crippen LogP contribution >= 0.6 is 23.1 Å². The van der Waals surface area contributed by atoms with Crippen molar-refractivity contribution < 1.29 is 0 Å². The van der Waals surface area contributed by atoms with E-state index >= 15 is 0 Å². The minimum absolute atomic E-state index is 0.549. The van der Waals surface area contributed by atoms with E-state index in [-0.39, 0.29) is 0 Å². The molecule has 2 aromatic rings. The van der Waals surface area contributed by atoms with E-state index in [4.69, 9.17) is 0 Å². The van der Waals surface area contributed by atoms with Gasteiger partial charge in [-0.05, 0) is 25.8 Å². The fourth-order valence-corrected chi connectivity index (χ4v) is 3.65. The molecule has 1 N–H and O–H groups in total. The highest BCUT2D eigenvalue weighted by molar-refractivity contribution is 8.00. The third-order valence-corrected chi connectivity index (χ3v) is 5.45. The van der Waals surface area contributed by atoms with Crippen LogP contribution in [-0.4, -0.2) is 21.8 Å². The van der Waals surface area contributed by atoms with Crippen LogP contribution in [0.25, 0.3) is 10.2 Å². The van der Waals surface area contributed by atoms with Crippen LogP contribution in [0.4, 0.5) is 5.95 Å². The van der Waals surface area contributed by atoms with Crippen LogP contribution in [0.3, 0.4) is 0 Å².